The predicted molar refractivity (Wildman–Crippen MR) is 153 cm³/mol. The third-order valence-corrected chi connectivity index (χ3v) is 11.0. The maximum absolute atomic E-state index is 13.4. The smallest absolute Gasteiger partial charge is 0.248 e. The number of likely N-dealkylation sites (N-methyl/N-ethyl adjacent to an activating group) is 1. The summed E-state index contributed by atoms with van der Waals surface area (Å²) in [6.07, 6.45) is 5.80. The van der Waals surface area contributed by atoms with Crippen LogP contribution < -0.4 is 4.74 Å². The molecule has 3 aliphatic rings. The SMILES string of the molecule is COc1cc(C)c2c(c1)CCCN(CCOCC(=O)N(C)[C@H]1CCC[C@@H](N3CCN(C(C)C)CC3)C1)S2(=O)=O. The summed E-state index contributed by atoms with van der Waals surface area (Å²) in [5, 5.41) is 0. The number of benzene rings is 1. The maximum Gasteiger partial charge on any atom is 0.248 e. The predicted octanol–water partition coefficient (Wildman–Crippen LogP) is 2.75. The fourth-order valence-electron chi connectivity index (χ4n) is 6.48. The van der Waals surface area contributed by atoms with E-state index in [1.807, 2.05) is 24.9 Å². The van der Waals surface area contributed by atoms with Crippen molar-refractivity contribution >= 4 is 15.9 Å². The molecule has 2 atom stereocenters. The molecule has 1 amide bonds. The molecule has 1 aromatic carbocycles. The molecule has 39 heavy (non-hydrogen) atoms. The van der Waals surface area contributed by atoms with Gasteiger partial charge in [0.25, 0.3) is 0 Å². The number of methoxy groups -OCH3 is 1. The number of rotatable bonds is 9. The van der Waals surface area contributed by atoms with Crippen LogP contribution >= 0.6 is 0 Å². The van der Waals surface area contributed by atoms with E-state index >= 15 is 0 Å². The van der Waals surface area contributed by atoms with Gasteiger partial charge in [-0.05, 0) is 82.6 Å². The van der Waals surface area contributed by atoms with Crippen LogP contribution in [0.4, 0.5) is 0 Å². The van der Waals surface area contributed by atoms with Gasteiger partial charge in [-0.3, -0.25) is 14.6 Å². The molecule has 2 heterocycles. The van der Waals surface area contributed by atoms with E-state index in [0.29, 0.717) is 41.3 Å². The molecule has 0 aromatic heterocycles. The molecule has 2 fully saturated rings. The normalized spacial score (nSPS) is 24.8. The number of amides is 1. The molecule has 220 valence electrons. The Morgan fingerprint density at radius 1 is 1.10 bits per heavy atom. The summed E-state index contributed by atoms with van der Waals surface area (Å²) in [6, 6.07) is 4.96. The van der Waals surface area contributed by atoms with E-state index in [4.69, 9.17) is 9.47 Å². The molecule has 1 saturated heterocycles. The van der Waals surface area contributed by atoms with Gasteiger partial charge in [0.1, 0.15) is 12.4 Å². The van der Waals surface area contributed by atoms with Crippen molar-refractivity contribution in [1.29, 1.82) is 0 Å². The van der Waals surface area contributed by atoms with E-state index < -0.39 is 10.0 Å². The molecular formula is C29H48N4O5S. The summed E-state index contributed by atoms with van der Waals surface area (Å²) in [4.78, 5) is 20.4. The van der Waals surface area contributed by atoms with E-state index in [9.17, 15) is 13.2 Å². The van der Waals surface area contributed by atoms with Gasteiger partial charge < -0.3 is 14.4 Å². The highest BCUT2D eigenvalue weighted by atomic mass is 32.2. The molecule has 1 aliphatic carbocycles. The van der Waals surface area contributed by atoms with Crippen molar-refractivity contribution < 1.29 is 22.7 Å². The average Bonchev–Trinajstić information content (AvgIpc) is 3.05. The van der Waals surface area contributed by atoms with E-state index in [0.717, 1.165) is 57.4 Å². The monoisotopic (exact) mass is 564 g/mol. The van der Waals surface area contributed by atoms with E-state index in [2.05, 4.69) is 23.6 Å². The number of hydrogen-bond acceptors (Lipinski definition) is 7. The third kappa shape index (κ3) is 7.14. The number of piperazine rings is 1. The lowest BCUT2D eigenvalue weighted by Gasteiger charge is -2.44. The topological polar surface area (TPSA) is 82.6 Å². The Labute approximate surface area is 235 Å². The van der Waals surface area contributed by atoms with Gasteiger partial charge in [-0.15, -0.1) is 0 Å². The molecule has 0 N–H and O–H groups in total. The van der Waals surface area contributed by atoms with Crippen molar-refractivity contribution in [2.75, 3.05) is 66.6 Å². The second-order valence-electron chi connectivity index (χ2n) is 11.6. The van der Waals surface area contributed by atoms with Crippen LogP contribution in [0, 0.1) is 6.92 Å². The number of sulfonamides is 1. The number of carbonyl (C=O) groups excluding carboxylic acids is 1. The first-order valence-electron chi connectivity index (χ1n) is 14.6. The minimum atomic E-state index is -3.64. The molecule has 1 aromatic rings. The second kappa shape index (κ2) is 13.3. The highest BCUT2D eigenvalue weighted by Crippen LogP contribution is 2.32. The van der Waals surface area contributed by atoms with Gasteiger partial charge in [-0.2, -0.15) is 4.31 Å². The summed E-state index contributed by atoms with van der Waals surface area (Å²) in [5.41, 5.74) is 1.50. The molecule has 0 radical (unpaired) electrons. The molecule has 9 nitrogen and oxygen atoms in total. The summed E-state index contributed by atoms with van der Waals surface area (Å²) < 4.78 is 39.5. The second-order valence-corrected chi connectivity index (χ2v) is 13.5. The van der Waals surface area contributed by atoms with Gasteiger partial charge in [0.05, 0.1) is 18.6 Å². The quantitative estimate of drug-likeness (QED) is 0.427. The first-order chi connectivity index (χ1) is 18.6. The van der Waals surface area contributed by atoms with Crippen molar-refractivity contribution in [2.24, 2.45) is 0 Å². The first-order valence-corrected chi connectivity index (χ1v) is 16.0. The van der Waals surface area contributed by atoms with Gasteiger partial charge in [0.15, 0.2) is 0 Å². The standard InChI is InChI=1S/C29H48N4O5S/c1-22(2)31-12-14-32(15-13-31)26-10-6-9-25(20-26)30(4)28(34)21-38-17-16-33-11-7-8-24-19-27(37-5)18-23(3)29(24)39(33,35)36/h18-19,22,25-26H,6-17,20-21H2,1-5H3/t25-,26+/m0/s1. The molecule has 0 spiro atoms. The van der Waals surface area contributed by atoms with Gasteiger partial charge in [0.2, 0.25) is 15.9 Å². The maximum atomic E-state index is 13.4. The van der Waals surface area contributed by atoms with Crippen LogP contribution in [0.5, 0.6) is 5.75 Å². The average molecular weight is 565 g/mol. The Morgan fingerprint density at radius 3 is 2.54 bits per heavy atom. The fraction of sp³-hybridized carbons (Fsp3) is 0.759. The van der Waals surface area contributed by atoms with Crippen LogP contribution in [0.1, 0.15) is 57.1 Å². The molecule has 0 bridgehead atoms. The Morgan fingerprint density at radius 2 is 1.85 bits per heavy atom. The fourth-order valence-corrected chi connectivity index (χ4v) is 8.38. The third-order valence-electron chi connectivity index (χ3n) is 8.88. The van der Waals surface area contributed by atoms with Gasteiger partial charge in [-0.25, -0.2) is 8.42 Å². The highest BCUT2D eigenvalue weighted by molar-refractivity contribution is 7.89. The zero-order valence-electron chi connectivity index (χ0n) is 24.5. The van der Waals surface area contributed by atoms with Gasteiger partial charge >= 0.3 is 0 Å². The molecular weight excluding hydrogens is 516 g/mol. The van der Waals surface area contributed by atoms with Crippen molar-refractivity contribution in [3.63, 3.8) is 0 Å². The van der Waals surface area contributed by atoms with Crippen molar-refractivity contribution in [3.05, 3.63) is 23.3 Å². The minimum Gasteiger partial charge on any atom is -0.497 e. The number of fused-ring (bicyclic) bond motifs is 1. The summed E-state index contributed by atoms with van der Waals surface area (Å²) >= 11 is 0. The largest absolute Gasteiger partial charge is 0.497 e. The Balaban J connectivity index is 1.25. The lowest BCUT2D eigenvalue weighted by molar-refractivity contribution is -0.138. The van der Waals surface area contributed by atoms with Crippen molar-refractivity contribution in [3.8, 4) is 5.75 Å². The number of hydrogen-bond donors (Lipinski definition) is 0. The van der Waals surface area contributed by atoms with Crippen LogP contribution in [0.15, 0.2) is 17.0 Å². The molecule has 2 aliphatic heterocycles. The first kappa shape index (κ1) is 30.2. The Hall–Kier alpha value is -1.72. The summed E-state index contributed by atoms with van der Waals surface area (Å²) in [6.45, 7) is 11.6. The molecule has 0 unspecified atom stereocenters. The van der Waals surface area contributed by atoms with Gasteiger partial charge in [-0.1, -0.05) is 0 Å². The van der Waals surface area contributed by atoms with Crippen LogP contribution in [0.25, 0.3) is 0 Å². The number of ether oxygens (including phenoxy) is 2. The molecule has 1 saturated carbocycles. The van der Waals surface area contributed by atoms with E-state index in [-0.39, 0.29) is 31.7 Å². The van der Waals surface area contributed by atoms with Crippen LogP contribution in [-0.4, -0.2) is 118 Å². The van der Waals surface area contributed by atoms with Crippen molar-refractivity contribution in [2.45, 2.75) is 82.3 Å². The van der Waals surface area contributed by atoms with E-state index in [1.54, 1.807) is 13.2 Å². The number of carbonyl (C=O) groups is 1. The molecule has 4 rings (SSSR count). The number of nitrogens with zero attached hydrogens (tertiary/aromatic N) is 4. The zero-order chi connectivity index (χ0) is 28.2. The van der Waals surface area contributed by atoms with E-state index in [1.165, 1.54) is 10.7 Å². The molecule has 10 heteroatoms. The van der Waals surface area contributed by atoms with Crippen molar-refractivity contribution in [1.82, 2.24) is 19.0 Å². The van der Waals surface area contributed by atoms with Crippen LogP contribution in [0.3, 0.4) is 0 Å². The lowest BCUT2D eigenvalue weighted by atomic mass is 9.88. The van der Waals surface area contributed by atoms with Crippen LogP contribution in [0.2, 0.25) is 0 Å². The summed E-state index contributed by atoms with van der Waals surface area (Å²) in [7, 11) is -0.155. The number of aryl methyl sites for hydroxylation is 2. The Bertz CT molecular complexity index is 1090. The zero-order valence-corrected chi connectivity index (χ0v) is 25.3. The highest BCUT2D eigenvalue weighted by Gasteiger charge is 2.33. The lowest BCUT2D eigenvalue weighted by Crippen LogP contribution is -2.54. The minimum absolute atomic E-state index is 0.0224. The Kier molecular flexibility index (Phi) is 10.3. The summed E-state index contributed by atoms with van der Waals surface area (Å²) in [5.74, 6) is 0.649. The van der Waals surface area contributed by atoms with Crippen LogP contribution in [-0.2, 0) is 26.0 Å². The van der Waals surface area contributed by atoms with Gasteiger partial charge in [0, 0.05) is 64.4 Å².